The summed E-state index contributed by atoms with van der Waals surface area (Å²) in [5, 5.41) is 13.0. The molecule has 1 heterocycles. The van der Waals surface area contributed by atoms with Crippen LogP contribution in [0.15, 0.2) is 218 Å². The van der Waals surface area contributed by atoms with Crippen LogP contribution in [0.4, 0.5) is 0 Å². The Morgan fingerprint density at radius 3 is 1.40 bits per heavy atom. The second-order valence-corrected chi connectivity index (χ2v) is 17.7. The van der Waals surface area contributed by atoms with Crippen molar-refractivity contribution in [1.29, 1.82) is 0 Å². The fraction of sp³-hybridized carbons (Fsp3) is 0. The van der Waals surface area contributed by atoms with E-state index < -0.39 is 7.14 Å². The lowest BCUT2D eigenvalue weighted by Gasteiger charge is -2.22. The molecule has 0 radical (unpaired) electrons. The first-order valence-electron chi connectivity index (χ1n) is 19.7. The number of rotatable bonds is 6. The fourth-order valence-electron chi connectivity index (χ4n) is 9.08. The molecule has 0 unspecified atom stereocenters. The second kappa shape index (κ2) is 13.8. The van der Waals surface area contributed by atoms with Gasteiger partial charge in [0.2, 0.25) is 0 Å². The highest BCUT2D eigenvalue weighted by atomic mass is 31.2. The summed E-state index contributed by atoms with van der Waals surface area (Å²) in [5.41, 5.74) is 7.50. The normalized spacial score (nSPS) is 11.9. The number of fused-ring (bicyclic) bond motifs is 7. The first kappa shape index (κ1) is 34.2. The zero-order valence-electron chi connectivity index (χ0n) is 31.6. The molecule has 0 N–H and O–H groups in total. The van der Waals surface area contributed by atoms with Crippen LogP contribution >= 0.6 is 7.14 Å². The predicted molar refractivity (Wildman–Crippen MR) is 247 cm³/mol. The van der Waals surface area contributed by atoms with Gasteiger partial charge in [-0.05, 0) is 66.7 Å². The van der Waals surface area contributed by atoms with Crippen molar-refractivity contribution in [2.45, 2.75) is 0 Å². The number of benzene rings is 10. The second-order valence-electron chi connectivity index (χ2n) is 14.9. The molecular formula is C55H36NOP. The topological polar surface area (TPSA) is 30.0 Å². The third kappa shape index (κ3) is 5.41. The van der Waals surface area contributed by atoms with E-state index in [0.29, 0.717) is 0 Å². The quantitative estimate of drug-likeness (QED) is 0.0960. The largest absolute Gasteiger partial charge is 0.309 e. The monoisotopic (exact) mass is 757 g/mol. The Hall–Kier alpha value is -7.12. The summed E-state index contributed by atoms with van der Waals surface area (Å²) in [7, 11) is -3.19. The lowest BCUT2D eigenvalue weighted by atomic mass is 9.85. The summed E-state index contributed by atoms with van der Waals surface area (Å²) in [6.45, 7) is 0. The summed E-state index contributed by atoms with van der Waals surface area (Å²) in [5.74, 6) is 0. The molecule has 0 fully saturated rings. The maximum atomic E-state index is 15.5. The Morgan fingerprint density at radius 2 is 0.793 bits per heavy atom. The molecule has 0 aliphatic rings. The Balaban J connectivity index is 1.16. The highest BCUT2D eigenvalue weighted by molar-refractivity contribution is 7.85. The Bertz CT molecular complexity index is 3310. The average Bonchev–Trinajstić information content (AvgIpc) is 3.30. The maximum Gasteiger partial charge on any atom is 0.171 e. The molecule has 2 nitrogen and oxygen atoms in total. The molecule has 0 aliphatic heterocycles. The molecule has 11 aromatic rings. The van der Waals surface area contributed by atoms with Gasteiger partial charge >= 0.3 is 0 Å². The van der Waals surface area contributed by atoms with Crippen molar-refractivity contribution in [3.05, 3.63) is 218 Å². The molecule has 58 heavy (non-hydrogen) atoms. The molecule has 272 valence electrons. The number of hydrogen-bond acceptors (Lipinski definition) is 2. The smallest absolute Gasteiger partial charge is 0.171 e. The van der Waals surface area contributed by atoms with Gasteiger partial charge in [0, 0.05) is 37.6 Å². The number of pyridine rings is 1. The molecule has 10 aromatic carbocycles. The summed E-state index contributed by atoms with van der Waals surface area (Å²) >= 11 is 0. The van der Waals surface area contributed by atoms with E-state index in [1.165, 1.54) is 21.7 Å². The summed E-state index contributed by atoms with van der Waals surface area (Å²) < 4.78 is 15.5. The van der Waals surface area contributed by atoms with Gasteiger partial charge in [0.05, 0.1) is 11.2 Å². The van der Waals surface area contributed by atoms with Crippen molar-refractivity contribution in [3.8, 4) is 33.5 Å². The lowest BCUT2D eigenvalue weighted by Crippen LogP contribution is -2.25. The highest BCUT2D eigenvalue weighted by Crippen LogP contribution is 2.47. The third-order valence-electron chi connectivity index (χ3n) is 11.7. The van der Waals surface area contributed by atoms with E-state index in [4.69, 9.17) is 4.98 Å². The summed E-state index contributed by atoms with van der Waals surface area (Å²) in [6, 6.07) is 76.2. The summed E-state index contributed by atoms with van der Waals surface area (Å²) in [4.78, 5) is 5.45. The van der Waals surface area contributed by atoms with E-state index in [1.54, 1.807) is 0 Å². The van der Waals surface area contributed by atoms with Crippen LogP contribution in [-0.4, -0.2) is 4.98 Å². The van der Waals surface area contributed by atoms with E-state index in [1.807, 2.05) is 66.7 Å². The zero-order chi connectivity index (χ0) is 38.6. The molecule has 11 rings (SSSR count). The molecular weight excluding hydrogens is 722 g/mol. The SMILES string of the molecule is O=P(c1ccccc1)(c1ccccc1)c1cccc(-c2c3ccccc3c(-c3ccc4c(c3)nc(-c3ccccc3)c3ccc5ccccc5c34)c3ccccc23)c1. The van der Waals surface area contributed by atoms with Crippen LogP contribution in [0.2, 0.25) is 0 Å². The molecule has 0 atom stereocenters. The minimum atomic E-state index is -3.19. The van der Waals surface area contributed by atoms with Gasteiger partial charge in [-0.25, -0.2) is 4.98 Å². The number of hydrogen-bond donors (Lipinski definition) is 0. The molecule has 0 aliphatic carbocycles. The molecule has 0 spiro atoms. The number of aromatic nitrogens is 1. The minimum Gasteiger partial charge on any atom is -0.309 e. The van der Waals surface area contributed by atoms with Gasteiger partial charge in [-0.15, -0.1) is 0 Å². The molecule has 1 aromatic heterocycles. The van der Waals surface area contributed by atoms with E-state index in [0.717, 1.165) is 81.7 Å². The van der Waals surface area contributed by atoms with Crippen molar-refractivity contribution in [2.75, 3.05) is 0 Å². The maximum absolute atomic E-state index is 15.5. The van der Waals surface area contributed by atoms with E-state index >= 15 is 4.57 Å². The predicted octanol–water partition coefficient (Wildman–Crippen LogP) is 13.5. The molecule has 0 bridgehead atoms. The fourth-order valence-corrected chi connectivity index (χ4v) is 11.8. The third-order valence-corrected chi connectivity index (χ3v) is 14.7. The van der Waals surface area contributed by atoms with Gasteiger partial charge in [-0.2, -0.15) is 0 Å². The van der Waals surface area contributed by atoms with Crippen LogP contribution in [0.3, 0.4) is 0 Å². The number of nitrogens with zero attached hydrogens (tertiary/aromatic N) is 1. The van der Waals surface area contributed by atoms with E-state index in [9.17, 15) is 0 Å². The van der Waals surface area contributed by atoms with Gasteiger partial charge in [-0.3, -0.25) is 0 Å². The first-order valence-corrected chi connectivity index (χ1v) is 21.4. The Kier molecular flexibility index (Phi) is 8.14. The zero-order valence-corrected chi connectivity index (χ0v) is 32.5. The van der Waals surface area contributed by atoms with Gasteiger partial charge in [-0.1, -0.05) is 206 Å². The van der Waals surface area contributed by atoms with Crippen molar-refractivity contribution >= 4 is 77.0 Å². The van der Waals surface area contributed by atoms with Crippen molar-refractivity contribution < 1.29 is 4.57 Å². The first-order chi connectivity index (χ1) is 28.7. The van der Waals surface area contributed by atoms with Crippen molar-refractivity contribution in [1.82, 2.24) is 4.98 Å². The molecule has 3 heteroatoms. The van der Waals surface area contributed by atoms with Crippen LogP contribution < -0.4 is 15.9 Å². The van der Waals surface area contributed by atoms with Gasteiger partial charge < -0.3 is 4.57 Å². The van der Waals surface area contributed by atoms with E-state index in [2.05, 4.69) is 152 Å². The van der Waals surface area contributed by atoms with Gasteiger partial charge in [0.1, 0.15) is 0 Å². The minimum absolute atomic E-state index is 0.814. The standard InChI is InChI=1S/C55H36NOP/c57-58(41-21-6-2-7-22-41,42-23-8-3-9-24-42)43-25-16-20-39(35-43)52-45-27-12-14-29-47(45)53(48-30-15-13-28-46(48)52)40-32-33-49-51(36-40)56-55(38-18-4-1-5-19-38)50-34-31-37-17-10-11-26-44(37)54(49)50/h1-36H. The van der Waals surface area contributed by atoms with Crippen LogP contribution in [-0.2, 0) is 4.57 Å². The van der Waals surface area contributed by atoms with Crippen LogP contribution in [0.5, 0.6) is 0 Å². The molecule has 0 saturated heterocycles. The molecule has 0 saturated carbocycles. The Labute approximate surface area is 337 Å². The Morgan fingerprint density at radius 1 is 0.328 bits per heavy atom. The van der Waals surface area contributed by atoms with Gasteiger partial charge in [0.25, 0.3) is 0 Å². The summed E-state index contributed by atoms with van der Waals surface area (Å²) in [6.07, 6.45) is 0. The van der Waals surface area contributed by atoms with Crippen molar-refractivity contribution in [2.24, 2.45) is 0 Å². The van der Waals surface area contributed by atoms with Gasteiger partial charge in [0.15, 0.2) is 7.14 Å². The average molecular weight is 758 g/mol. The molecule has 0 amide bonds. The van der Waals surface area contributed by atoms with Crippen LogP contribution in [0, 0.1) is 0 Å². The van der Waals surface area contributed by atoms with Crippen molar-refractivity contribution in [3.63, 3.8) is 0 Å². The highest BCUT2D eigenvalue weighted by Gasteiger charge is 2.30. The van der Waals surface area contributed by atoms with Crippen LogP contribution in [0.1, 0.15) is 0 Å². The van der Waals surface area contributed by atoms with E-state index in [-0.39, 0.29) is 0 Å². The lowest BCUT2D eigenvalue weighted by molar-refractivity contribution is 0.592. The van der Waals surface area contributed by atoms with Crippen LogP contribution in [0.25, 0.3) is 87.5 Å².